The zero-order valence-electron chi connectivity index (χ0n) is 16.5. The van der Waals surface area contributed by atoms with Crippen LogP contribution in [0.5, 0.6) is 0 Å². The van der Waals surface area contributed by atoms with Crippen molar-refractivity contribution in [3.05, 3.63) is 12.7 Å². The number of nitrogens with one attached hydrogen (secondary N) is 1. The van der Waals surface area contributed by atoms with Crippen molar-refractivity contribution in [3.63, 3.8) is 0 Å². The van der Waals surface area contributed by atoms with Gasteiger partial charge in [0.2, 0.25) is 5.91 Å². The first-order valence-corrected chi connectivity index (χ1v) is 11.9. The third-order valence-electron chi connectivity index (χ3n) is 4.64. The summed E-state index contributed by atoms with van der Waals surface area (Å²) in [7, 11) is -3.89. The van der Waals surface area contributed by atoms with Crippen LogP contribution in [0.25, 0.3) is 0 Å². The van der Waals surface area contributed by atoms with Gasteiger partial charge in [0.05, 0.1) is 5.75 Å². The van der Waals surface area contributed by atoms with E-state index in [4.69, 9.17) is 4.55 Å². The molecule has 154 valence electrons. The van der Waals surface area contributed by atoms with Crippen molar-refractivity contribution in [2.75, 3.05) is 5.75 Å². The highest BCUT2D eigenvalue weighted by atomic mass is 32.2. The number of hydrogen-bond donors (Lipinski definition) is 2. The molecule has 0 heterocycles. The first-order valence-electron chi connectivity index (χ1n) is 10.3. The molecule has 2 N–H and O–H groups in total. The molecule has 0 rings (SSSR count). The van der Waals surface area contributed by atoms with E-state index >= 15 is 0 Å². The van der Waals surface area contributed by atoms with Crippen LogP contribution in [0.4, 0.5) is 0 Å². The molecule has 0 saturated heterocycles. The van der Waals surface area contributed by atoms with E-state index in [0.717, 1.165) is 19.3 Å². The first kappa shape index (κ1) is 25.1. The van der Waals surface area contributed by atoms with Gasteiger partial charge in [0.15, 0.2) is 0 Å². The Kier molecular flexibility index (Phi) is 15.8. The Bertz CT molecular complexity index is 462. The molecule has 1 amide bonds. The quantitative estimate of drug-likeness (QED) is 0.196. The maximum absolute atomic E-state index is 11.5. The SMILES string of the molecule is C=CC(=O)NC(CCCCCCCCCCCC)CCCCS(=O)(=O)O. The predicted molar refractivity (Wildman–Crippen MR) is 109 cm³/mol. The smallest absolute Gasteiger partial charge is 0.264 e. The molecule has 0 aliphatic heterocycles. The van der Waals surface area contributed by atoms with E-state index in [9.17, 15) is 13.2 Å². The van der Waals surface area contributed by atoms with Crippen LogP contribution >= 0.6 is 0 Å². The van der Waals surface area contributed by atoms with Crippen LogP contribution in [0.2, 0.25) is 0 Å². The van der Waals surface area contributed by atoms with Gasteiger partial charge < -0.3 is 5.32 Å². The fourth-order valence-corrected chi connectivity index (χ4v) is 3.67. The van der Waals surface area contributed by atoms with Gasteiger partial charge in [-0.2, -0.15) is 8.42 Å². The van der Waals surface area contributed by atoms with Gasteiger partial charge in [0, 0.05) is 6.04 Å². The molecule has 0 aromatic heterocycles. The molecular weight excluding hydrogens is 350 g/mol. The average Bonchev–Trinajstić information content (AvgIpc) is 2.58. The lowest BCUT2D eigenvalue weighted by molar-refractivity contribution is -0.117. The maximum atomic E-state index is 11.5. The van der Waals surface area contributed by atoms with Crippen LogP contribution in [0, 0.1) is 0 Å². The van der Waals surface area contributed by atoms with Crippen LogP contribution in [0.15, 0.2) is 12.7 Å². The van der Waals surface area contributed by atoms with E-state index < -0.39 is 10.1 Å². The van der Waals surface area contributed by atoms with Gasteiger partial charge in [-0.25, -0.2) is 0 Å². The van der Waals surface area contributed by atoms with Crippen molar-refractivity contribution < 1.29 is 17.8 Å². The van der Waals surface area contributed by atoms with Gasteiger partial charge >= 0.3 is 0 Å². The third-order valence-corrected chi connectivity index (χ3v) is 5.45. The Hall–Kier alpha value is -0.880. The van der Waals surface area contributed by atoms with Crippen LogP contribution in [-0.4, -0.2) is 30.7 Å². The van der Waals surface area contributed by atoms with Gasteiger partial charge in [-0.1, -0.05) is 84.1 Å². The minimum absolute atomic E-state index is 0.0518. The summed E-state index contributed by atoms with van der Waals surface area (Å²) in [5, 5.41) is 2.93. The summed E-state index contributed by atoms with van der Waals surface area (Å²) in [6.07, 6.45) is 16.7. The molecule has 0 radical (unpaired) electrons. The standard InChI is InChI=1S/C20H39NO4S/c1-3-5-6-7-8-9-10-11-12-13-16-19(21-20(22)4-2)17-14-15-18-26(23,24)25/h4,19H,2-3,5-18H2,1H3,(H,21,22)(H,23,24,25). The van der Waals surface area contributed by atoms with Gasteiger partial charge in [0.1, 0.15) is 0 Å². The van der Waals surface area contributed by atoms with E-state index in [1.54, 1.807) is 0 Å². The predicted octanol–water partition coefficient (Wildman–Crippen LogP) is 5.03. The highest BCUT2D eigenvalue weighted by Gasteiger charge is 2.11. The number of amides is 1. The summed E-state index contributed by atoms with van der Waals surface area (Å²) >= 11 is 0. The zero-order valence-corrected chi connectivity index (χ0v) is 17.4. The van der Waals surface area contributed by atoms with E-state index in [2.05, 4.69) is 18.8 Å². The number of carbonyl (C=O) groups excluding carboxylic acids is 1. The first-order chi connectivity index (χ1) is 12.4. The van der Waals surface area contributed by atoms with Crippen molar-refractivity contribution in [3.8, 4) is 0 Å². The Balaban J connectivity index is 3.83. The summed E-state index contributed by atoms with van der Waals surface area (Å²) in [6.45, 7) is 5.71. The van der Waals surface area contributed by atoms with Crippen LogP contribution in [-0.2, 0) is 14.9 Å². The van der Waals surface area contributed by atoms with Crippen LogP contribution in [0.1, 0.15) is 96.8 Å². The largest absolute Gasteiger partial charge is 0.350 e. The Labute approximate surface area is 160 Å². The lowest BCUT2D eigenvalue weighted by Crippen LogP contribution is -2.33. The molecule has 1 unspecified atom stereocenters. The number of rotatable bonds is 18. The van der Waals surface area contributed by atoms with Crippen molar-refractivity contribution >= 4 is 16.0 Å². The van der Waals surface area contributed by atoms with Gasteiger partial charge in [-0.05, 0) is 25.3 Å². The van der Waals surface area contributed by atoms with E-state index in [1.165, 1.54) is 63.9 Å². The molecule has 0 spiro atoms. The topological polar surface area (TPSA) is 83.5 Å². The van der Waals surface area contributed by atoms with E-state index in [1.807, 2.05) is 0 Å². The molecule has 26 heavy (non-hydrogen) atoms. The Morgan fingerprint density at radius 3 is 1.85 bits per heavy atom. The Morgan fingerprint density at radius 2 is 1.38 bits per heavy atom. The third kappa shape index (κ3) is 17.9. The Morgan fingerprint density at radius 1 is 0.923 bits per heavy atom. The molecule has 6 heteroatoms. The van der Waals surface area contributed by atoms with Crippen molar-refractivity contribution in [2.45, 2.75) is 103 Å². The van der Waals surface area contributed by atoms with Crippen molar-refractivity contribution in [1.29, 1.82) is 0 Å². The number of unbranched alkanes of at least 4 members (excludes halogenated alkanes) is 10. The molecule has 1 atom stereocenters. The fourth-order valence-electron chi connectivity index (χ4n) is 3.10. The highest BCUT2D eigenvalue weighted by molar-refractivity contribution is 7.85. The number of carbonyl (C=O) groups is 1. The lowest BCUT2D eigenvalue weighted by atomic mass is 10.0. The zero-order chi connectivity index (χ0) is 19.7. The summed E-state index contributed by atoms with van der Waals surface area (Å²) in [5.74, 6) is -0.398. The van der Waals surface area contributed by atoms with Crippen molar-refractivity contribution in [1.82, 2.24) is 5.32 Å². The van der Waals surface area contributed by atoms with Gasteiger partial charge in [-0.15, -0.1) is 0 Å². The molecular formula is C20H39NO4S. The molecule has 0 fully saturated rings. The molecule has 0 bridgehead atoms. The highest BCUT2D eigenvalue weighted by Crippen LogP contribution is 2.14. The minimum Gasteiger partial charge on any atom is -0.350 e. The summed E-state index contributed by atoms with van der Waals surface area (Å²) in [5.41, 5.74) is 0. The molecule has 0 aliphatic rings. The maximum Gasteiger partial charge on any atom is 0.264 e. The molecule has 0 aromatic carbocycles. The lowest BCUT2D eigenvalue weighted by Gasteiger charge is -2.17. The monoisotopic (exact) mass is 389 g/mol. The van der Waals surface area contributed by atoms with Crippen LogP contribution in [0.3, 0.4) is 0 Å². The summed E-state index contributed by atoms with van der Waals surface area (Å²) in [6, 6.07) is 0.0518. The van der Waals surface area contributed by atoms with Crippen LogP contribution < -0.4 is 5.32 Å². The second kappa shape index (κ2) is 16.3. The fraction of sp³-hybridized carbons (Fsp3) is 0.850. The van der Waals surface area contributed by atoms with Gasteiger partial charge in [0.25, 0.3) is 10.1 Å². The summed E-state index contributed by atoms with van der Waals surface area (Å²) < 4.78 is 30.2. The average molecular weight is 390 g/mol. The van der Waals surface area contributed by atoms with Crippen molar-refractivity contribution in [2.24, 2.45) is 0 Å². The molecule has 5 nitrogen and oxygen atoms in total. The molecule has 0 aromatic rings. The number of hydrogen-bond acceptors (Lipinski definition) is 3. The van der Waals surface area contributed by atoms with Gasteiger partial charge in [-0.3, -0.25) is 9.35 Å². The molecule has 0 saturated carbocycles. The minimum atomic E-state index is -3.89. The summed E-state index contributed by atoms with van der Waals surface area (Å²) in [4.78, 5) is 11.5. The normalized spacial score (nSPS) is 12.7. The van der Waals surface area contributed by atoms with E-state index in [-0.39, 0.29) is 17.7 Å². The second-order valence-corrected chi connectivity index (χ2v) is 8.73. The van der Waals surface area contributed by atoms with E-state index in [0.29, 0.717) is 12.8 Å². The second-order valence-electron chi connectivity index (χ2n) is 7.16. The molecule has 0 aliphatic carbocycles.